The van der Waals surface area contributed by atoms with Crippen LogP contribution in [0, 0.1) is 5.95 Å². The first-order valence-electron chi connectivity index (χ1n) is 5.30. The summed E-state index contributed by atoms with van der Waals surface area (Å²) in [6.07, 6.45) is 1.32. The Labute approximate surface area is 104 Å². The molecule has 0 amide bonds. The van der Waals surface area contributed by atoms with Crippen LogP contribution in [0.25, 0.3) is 0 Å². The SMILES string of the molecule is COc1cc(CO)ccc1Oc1ccnc(F)c1. The largest absolute Gasteiger partial charge is 0.493 e. The fourth-order valence-corrected chi connectivity index (χ4v) is 1.47. The van der Waals surface area contributed by atoms with Crippen LogP contribution in [-0.4, -0.2) is 17.2 Å². The third-order valence-corrected chi connectivity index (χ3v) is 2.34. The van der Waals surface area contributed by atoms with Gasteiger partial charge in [0.15, 0.2) is 11.5 Å². The number of aromatic nitrogens is 1. The maximum atomic E-state index is 12.9. The van der Waals surface area contributed by atoms with Crippen LogP contribution in [0.1, 0.15) is 5.56 Å². The number of benzene rings is 1. The van der Waals surface area contributed by atoms with Crippen molar-refractivity contribution in [2.24, 2.45) is 0 Å². The number of ether oxygens (including phenoxy) is 2. The summed E-state index contributed by atoms with van der Waals surface area (Å²) in [5, 5.41) is 9.02. The van der Waals surface area contributed by atoms with Crippen molar-refractivity contribution in [3.63, 3.8) is 0 Å². The molecule has 2 aromatic rings. The Morgan fingerprint density at radius 2 is 2.06 bits per heavy atom. The first kappa shape index (κ1) is 12.3. The summed E-state index contributed by atoms with van der Waals surface area (Å²) >= 11 is 0. The summed E-state index contributed by atoms with van der Waals surface area (Å²) in [5.74, 6) is 0.634. The van der Waals surface area contributed by atoms with E-state index in [4.69, 9.17) is 14.6 Å². The molecule has 18 heavy (non-hydrogen) atoms. The van der Waals surface area contributed by atoms with E-state index in [2.05, 4.69) is 4.98 Å². The molecule has 0 atom stereocenters. The van der Waals surface area contributed by atoms with E-state index in [1.165, 1.54) is 19.4 Å². The lowest BCUT2D eigenvalue weighted by molar-refractivity contribution is 0.280. The minimum absolute atomic E-state index is 0.0828. The molecule has 0 radical (unpaired) electrons. The van der Waals surface area contributed by atoms with Gasteiger partial charge in [0.2, 0.25) is 5.95 Å². The second-order valence-electron chi connectivity index (χ2n) is 3.56. The number of rotatable bonds is 4. The van der Waals surface area contributed by atoms with Gasteiger partial charge in [-0.15, -0.1) is 0 Å². The molecule has 94 valence electrons. The maximum absolute atomic E-state index is 12.9. The Morgan fingerprint density at radius 3 is 2.72 bits per heavy atom. The molecule has 0 spiro atoms. The molecular weight excluding hydrogens is 237 g/mol. The van der Waals surface area contributed by atoms with Gasteiger partial charge in [-0.25, -0.2) is 4.98 Å². The molecule has 0 aliphatic heterocycles. The summed E-state index contributed by atoms with van der Waals surface area (Å²) in [6.45, 7) is -0.0828. The van der Waals surface area contributed by atoms with Gasteiger partial charge in [-0.1, -0.05) is 6.07 Å². The molecule has 0 fully saturated rings. The van der Waals surface area contributed by atoms with E-state index in [9.17, 15) is 4.39 Å². The molecule has 5 heteroatoms. The smallest absolute Gasteiger partial charge is 0.216 e. The molecule has 2 rings (SSSR count). The molecule has 1 N–H and O–H groups in total. The van der Waals surface area contributed by atoms with Crippen LogP contribution in [-0.2, 0) is 6.61 Å². The van der Waals surface area contributed by atoms with Crippen molar-refractivity contribution >= 4 is 0 Å². The second kappa shape index (κ2) is 5.46. The van der Waals surface area contributed by atoms with Gasteiger partial charge in [0.05, 0.1) is 13.7 Å². The molecular formula is C13H12FNO3. The van der Waals surface area contributed by atoms with Gasteiger partial charge in [-0.2, -0.15) is 4.39 Å². The molecule has 4 nitrogen and oxygen atoms in total. The Morgan fingerprint density at radius 1 is 1.22 bits per heavy atom. The maximum Gasteiger partial charge on any atom is 0.216 e. The molecule has 0 aliphatic rings. The highest BCUT2D eigenvalue weighted by Crippen LogP contribution is 2.32. The highest BCUT2D eigenvalue weighted by atomic mass is 19.1. The lowest BCUT2D eigenvalue weighted by atomic mass is 10.2. The zero-order chi connectivity index (χ0) is 13.0. The normalized spacial score (nSPS) is 10.2. The van der Waals surface area contributed by atoms with Crippen molar-refractivity contribution in [3.05, 3.63) is 48.0 Å². The quantitative estimate of drug-likeness (QED) is 0.846. The van der Waals surface area contributed by atoms with Crippen molar-refractivity contribution in [3.8, 4) is 17.2 Å². The lowest BCUT2D eigenvalue weighted by Crippen LogP contribution is -1.93. The topological polar surface area (TPSA) is 51.6 Å². The van der Waals surface area contributed by atoms with Gasteiger partial charge in [0, 0.05) is 12.3 Å². The van der Waals surface area contributed by atoms with Crippen molar-refractivity contribution in [2.75, 3.05) is 7.11 Å². The molecule has 1 aromatic heterocycles. The average molecular weight is 249 g/mol. The predicted molar refractivity (Wildman–Crippen MR) is 63.2 cm³/mol. The summed E-state index contributed by atoms with van der Waals surface area (Å²) in [5.41, 5.74) is 0.708. The standard InChI is InChI=1S/C13H12FNO3/c1-17-12-6-9(8-16)2-3-11(12)18-10-4-5-15-13(14)7-10/h2-7,16H,8H2,1H3. The monoisotopic (exact) mass is 249 g/mol. The molecule has 0 aliphatic carbocycles. The average Bonchev–Trinajstić information content (AvgIpc) is 2.39. The number of nitrogens with zero attached hydrogens (tertiary/aromatic N) is 1. The summed E-state index contributed by atoms with van der Waals surface area (Å²) in [4.78, 5) is 3.44. The van der Waals surface area contributed by atoms with Gasteiger partial charge >= 0.3 is 0 Å². The molecule has 1 aromatic carbocycles. The van der Waals surface area contributed by atoms with Gasteiger partial charge in [-0.05, 0) is 23.8 Å². The summed E-state index contributed by atoms with van der Waals surface area (Å²) in [7, 11) is 1.50. The number of pyridine rings is 1. The Kier molecular flexibility index (Phi) is 3.74. The van der Waals surface area contributed by atoms with E-state index in [0.29, 0.717) is 22.8 Å². The van der Waals surface area contributed by atoms with E-state index in [1.807, 2.05) is 0 Å². The number of aliphatic hydroxyl groups excluding tert-OH is 1. The van der Waals surface area contributed by atoms with E-state index >= 15 is 0 Å². The van der Waals surface area contributed by atoms with E-state index < -0.39 is 5.95 Å². The van der Waals surface area contributed by atoms with Gasteiger partial charge in [0.1, 0.15) is 5.75 Å². The van der Waals surface area contributed by atoms with Crippen molar-refractivity contribution < 1.29 is 19.0 Å². The number of halogens is 1. The number of hydrogen-bond donors (Lipinski definition) is 1. The van der Waals surface area contributed by atoms with Gasteiger partial charge in [0.25, 0.3) is 0 Å². The number of methoxy groups -OCH3 is 1. The third-order valence-electron chi connectivity index (χ3n) is 2.34. The minimum Gasteiger partial charge on any atom is -0.493 e. The van der Waals surface area contributed by atoms with Crippen molar-refractivity contribution in [1.29, 1.82) is 0 Å². The van der Waals surface area contributed by atoms with Crippen LogP contribution in [0.5, 0.6) is 17.2 Å². The molecule has 0 bridgehead atoms. The second-order valence-corrected chi connectivity index (χ2v) is 3.56. The minimum atomic E-state index is -0.613. The van der Waals surface area contributed by atoms with Crippen LogP contribution >= 0.6 is 0 Å². The fourth-order valence-electron chi connectivity index (χ4n) is 1.47. The zero-order valence-electron chi connectivity index (χ0n) is 9.76. The first-order chi connectivity index (χ1) is 8.72. The van der Waals surface area contributed by atoms with Crippen LogP contribution in [0.15, 0.2) is 36.5 Å². The fraction of sp³-hybridized carbons (Fsp3) is 0.154. The molecule has 1 heterocycles. The van der Waals surface area contributed by atoms with Crippen molar-refractivity contribution in [2.45, 2.75) is 6.61 Å². The lowest BCUT2D eigenvalue weighted by Gasteiger charge is -2.11. The van der Waals surface area contributed by atoms with Gasteiger partial charge < -0.3 is 14.6 Å². The van der Waals surface area contributed by atoms with Crippen LogP contribution < -0.4 is 9.47 Å². The first-order valence-corrected chi connectivity index (χ1v) is 5.30. The zero-order valence-corrected chi connectivity index (χ0v) is 9.76. The molecule has 0 saturated carbocycles. The Balaban J connectivity index is 2.28. The summed E-state index contributed by atoms with van der Waals surface area (Å²) in [6, 6.07) is 7.74. The Bertz CT molecular complexity index is 546. The molecule has 0 saturated heterocycles. The van der Waals surface area contributed by atoms with Gasteiger partial charge in [-0.3, -0.25) is 0 Å². The van der Waals surface area contributed by atoms with Crippen LogP contribution in [0.2, 0.25) is 0 Å². The van der Waals surface area contributed by atoms with E-state index in [-0.39, 0.29) is 6.61 Å². The third kappa shape index (κ3) is 2.75. The summed E-state index contributed by atoms with van der Waals surface area (Å²) < 4.78 is 23.6. The predicted octanol–water partition coefficient (Wildman–Crippen LogP) is 2.51. The highest BCUT2D eigenvalue weighted by Gasteiger charge is 2.07. The highest BCUT2D eigenvalue weighted by molar-refractivity contribution is 5.45. The molecule has 0 unspecified atom stereocenters. The Hall–Kier alpha value is -2.14. The van der Waals surface area contributed by atoms with Crippen LogP contribution in [0.4, 0.5) is 4.39 Å². The number of aliphatic hydroxyl groups is 1. The van der Waals surface area contributed by atoms with Crippen molar-refractivity contribution in [1.82, 2.24) is 4.98 Å². The number of hydrogen-bond acceptors (Lipinski definition) is 4. The van der Waals surface area contributed by atoms with E-state index in [0.717, 1.165) is 0 Å². The van der Waals surface area contributed by atoms with Crippen LogP contribution in [0.3, 0.4) is 0 Å². The van der Waals surface area contributed by atoms with E-state index in [1.54, 1.807) is 24.3 Å².